The van der Waals surface area contributed by atoms with E-state index in [2.05, 4.69) is 15.0 Å². The molecule has 0 bridgehead atoms. The molecule has 2 rings (SSSR count). The highest BCUT2D eigenvalue weighted by atomic mass is 32.2. The minimum Gasteiger partial charge on any atom is -0.310 e. The summed E-state index contributed by atoms with van der Waals surface area (Å²) in [4.78, 5) is 4.42. The van der Waals surface area contributed by atoms with Crippen molar-refractivity contribution < 1.29 is 8.42 Å². The molecule has 0 aliphatic heterocycles. The maximum atomic E-state index is 11.4. The van der Waals surface area contributed by atoms with Gasteiger partial charge in [0.15, 0.2) is 0 Å². The van der Waals surface area contributed by atoms with E-state index >= 15 is 0 Å². The SMILES string of the molecule is CCNS(=O)(=O)CCNCc1cn2ccccc2n1. The standard InChI is InChI=1S/C12H18N4O2S/c1-2-14-19(17,18)8-6-13-9-11-10-16-7-4-3-5-12(16)15-11/h3-5,7,10,13-14H,2,6,8-9H2,1H3. The third-order valence-corrected chi connectivity index (χ3v) is 4.10. The summed E-state index contributed by atoms with van der Waals surface area (Å²) >= 11 is 0. The monoisotopic (exact) mass is 282 g/mol. The van der Waals surface area contributed by atoms with Crippen LogP contribution in [0.3, 0.4) is 0 Å². The van der Waals surface area contributed by atoms with Crippen LogP contribution in [0.4, 0.5) is 0 Å². The molecule has 104 valence electrons. The Morgan fingerprint density at radius 3 is 2.95 bits per heavy atom. The number of imidazole rings is 1. The molecule has 0 aliphatic rings. The molecule has 0 aliphatic carbocycles. The Hall–Kier alpha value is -1.44. The van der Waals surface area contributed by atoms with E-state index in [-0.39, 0.29) is 5.75 Å². The van der Waals surface area contributed by atoms with Gasteiger partial charge in [0, 0.05) is 32.0 Å². The number of nitrogens with one attached hydrogen (secondary N) is 2. The lowest BCUT2D eigenvalue weighted by Gasteiger charge is -2.04. The zero-order chi connectivity index (χ0) is 13.7. The van der Waals surface area contributed by atoms with Crippen molar-refractivity contribution in [1.82, 2.24) is 19.4 Å². The third kappa shape index (κ3) is 4.02. The van der Waals surface area contributed by atoms with Gasteiger partial charge in [-0.1, -0.05) is 13.0 Å². The van der Waals surface area contributed by atoms with Crippen molar-refractivity contribution in [1.29, 1.82) is 0 Å². The van der Waals surface area contributed by atoms with Gasteiger partial charge >= 0.3 is 0 Å². The largest absolute Gasteiger partial charge is 0.310 e. The fourth-order valence-corrected chi connectivity index (χ4v) is 2.78. The maximum Gasteiger partial charge on any atom is 0.212 e. The summed E-state index contributed by atoms with van der Waals surface area (Å²) in [6.07, 6.45) is 3.86. The molecule has 2 aromatic heterocycles. The molecule has 2 heterocycles. The first kappa shape index (κ1) is 14.0. The number of nitrogens with zero attached hydrogens (tertiary/aromatic N) is 2. The molecule has 7 heteroatoms. The Kier molecular flexibility index (Phi) is 4.52. The lowest BCUT2D eigenvalue weighted by molar-refractivity contribution is 0.578. The van der Waals surface area contributed by atoms with Gasteiger partial charge in [0.05, 0.1) is 11.4 Å². The van der Waals surface area contributed by atoms with Crippen LogP contribution in [0.1, 0.15) is 12.6 Å². The van der Waals surface area contributed by atoms with E-state index in [1.807, 2.05) is 35.0 Å². The molecule has 2 N–H and O–H groups in total. The lowest BCUT2D eigenvalue weighted by Crippen LogP contribution is -2.31. The second-order valence-electron chi connectivity index (χ2n) is 4.19. The molecule has 2 aromatic rings. The van der Waals surface area contributed by atoms with Crippen LogP contribution in [0.25, 0.3) is 5.65 Å². The van der Waals surface area contributed by atoms with Crippen LogP contribution < -0.4 is 10.0 Å². The van der Waals surface area contributed by atoms with E-state index in [1.54, 1.807) is 6.92 Å². The molecule has 0 unspecified atom stereocenters. The number of fused-ring (bicyclic) bond motifs is 1. The molecular weight excluding hydrogens is 264 g/mol. The van der Waals surface area contributed by atoms with Crippen LogP contribution in [-0.2, 0) is 16.6 Å². The van der Waals surface area contributed by atoms with Crippen LogP contribution in [0.2, 0.25) is 0 Å². The summed E-state index contributed by atoms with van der Waals surface area (Å²) in [6, 6.07) is 5.80. The average Bonchev–Trinajstić information content (AvgIpc) is 2.77. The minimum absolute atomic E-state index is 0.0776. The van der Waals surface area contributed by atoms with Gasteiger partial charge in [-0.3, -0.25) is 0 Å². The van der Waals surface area contributed by atoms with Crippen LogP contribution >= 0.6 is 0 Å². The van der Waals surface area contributed by atoms with E-state index in [9.17, 15) is 8.42 Å². The molecular formula is C12H18N4O2S. The van der Waals surface area contributed by atoms with E-state index in [0.717, 1.165) is 11.3 Å². The van der Waals surface area contributed by atoms with Crippen molar-refractivity contribution in [2.24, 2.45) is 0 Å². The Labute approximate surface area is 112 Å². The van der Waals surface area contributed by atoms with E-state index in [0.29, 0.717) is 19.6 Å². The highest BCUT2D eigenvalue weighted by molar-refractivity contribution is 7.89. The second-order valence-corrected chi connectivity index (χ2v) is 6.12. The summed E-state index contributed by atoms with van der Waals surface area (Å²) in [6.45, 7) is 3.16. The summed E-state index contributed by atoms with van der Waals surface area (Å²) in [7, 11) is -3.15. The zero-order valence-corrected chi connectivity index (χ0v) is 11.7. The summed E-state index contributed by atoms with van der Waals surface area (Å²) < 4.78 is 27.2. The van der Waals surface area contributed by atoms with Gasteiger partial charge in [0.1, 0.15) is 5.65 Å². The molecule has 0 amide bonds. The molecule has 0 saturated heterocycles. The minimum atomic E-state index is -3.15. The first-order valence-corrected chi connectivity index (χ1v) is 7.86. The molecule has 19 heavy (non-hydrogen) atoms. The topological polar surface area (TPSA) is 75.5 Å². The fourth-order valence-electron chi connectivity index (χ4n) is 1.79. The fraction of sp³-hybridized carbons (Fsp3) is 0.417. The summed E-state index contributed by atoms with van der Waals surface area (Å²) in [5, 5.41) is 3.08. The molecule has 6 nitrogen and oxygen atoms in total. The van der Waals surface area contributed by atoms with Gasteiger partial charge in [-0.2, -0.15) is 0 Å². The summed E-state index contributed by atoms with van der Waals surface area (Å²) in [5.74, 6) is 0.0776. The van der Waals surface area contributed by atoms with Crippen LogP contribution in [0, 0.1) is 0 Å². The Balaban J connectivity index is 1.83. The van der Waals surface area contributed by atoms with E-state index < -0.39 is 10.0 Å². The Morgan fingerprint density at radius 1 is 1.37 bits per heavy atom. The number of rotatable bonds is 7. The maximum absolute atomic E-state index is 11.4. The van der Waals surface area contributed by atoms with Gasteiger partial charge in [0.2, 0.25) is 10.0 Å². The number of sulfonamides is 1. The van der Waals surface area contributed by atoms with E-state index in [4.69, 9.17) is 0 Å². The Morgan fingerprint density at radius 2 is 2.21 bits per heavy atom. The lowest BCUT2D eigenvalue weighted by atomic mass is 10.5. The van der Waals surface area contributed by atoms with Crippen molar-refractivity contribution in [3.63, 3.8) is 0 Å². The quantitative estimate of drug-likeness (QED) is 0.719. The van der Waals surface area contributed by atoms with Crippen molar-refractivity contribution in [3.8, 4) is 0 Å². The van der Waals surface area contributed by atoms with Gasteiger partial charge in [-0.25, -0.2) is 18.1 Å². The van der Waals surface area contributed by atoms with Crippen molar-refractivity contribution in [3.05, 3.63) is 36.3 Å². The molecule has 0 spiro atoms. The number of hydrogen-bond acceptors (Lipinski definition) is 4. The first-order valence-electron chi connectivity index (χ1n) is 6.21. The third-order valence-electron chi connectivity index (χ3n) is 2.63. The van der Waals surface area contributed by atoms with Gasteiger partial charge in [0.25, 0.3) is 0 Å². The van der Waals surface area contributed by atoms with Crippen molar-refractivity contribution in [2.75, 3.05) is 18.8 Å². The smallest absolute Gasteiger partial charge is 0.212 e. The van der Waals surface area contributed by atoms with Crippen molar-refractivity contribution >= 4 is 15.7 Å². The van der Waals surface area contributed by atoms with Crippen LogP contribution in [0.15, 0.2) is 30.6 Å². The highest BCUT2D eigenvalue weighted by Crippen LogP contribution is 2.03. The average molecular weight is 282 g/mol. The number of pyridine rings is 1. The summed E-state index contributed by atoms with van der Waals surface area (Å²) in [5.41, 5.74) is 1.78. The second kappa shape index (κ2) is 6.14. The highest BCUT2D eigenvalue weighted by Gasteiger charge is 2.07. The van der Waals surface area contributed by atoms with Gasteiger partial charge in [-0.15, -0.1) is 0 Å². The van der Waals surface area contributed by atoms with Crippen molar-refractivity contribution in [2.45, 2.75) is 13.5 Å². The van der Waals surface area contributed by atoms with Gasteiger partial charge < -0.3 is 9.72 Å². The molecule has 0 atom stereocenters. The molecule has 0 aromatic carbocycles. The van der Waals surface area contributed by atoms with E-state index in [1.165, 1.54) is 0 Å². The Bertz CT molecular complexity index is 603. The first-order chi connectivity index (χ1) is 9.11. The van der Waals surface area contributed by atoms with Gasteiger partial charge in [-0.05, 0) is 12.1 Å². The molecule has 0 saturated carbocycles. The zero-order valence-electron chi connectivity index (χ0n) is 10.8. The molecule has 0 fully saturated rings. The number of aromatic nitrogens is 2. The normalized spacial score (nSPS) is 12.1. The molecule has 0 radical (unpaired) electrons. The number of hydrogen-bond donors (Lipinski definition) is 2. The van der Waals surface area contributed by atoms with Crippen LogP contribution in [0.5, 0.6) is 0 Å². The van der Waals surface area contributed by atoms with Crippen LogP contribution in [-0.4, -0.2) is 36.6 Å². The predicted octanol–water partition coefficient (Wildman–Crippen LogP) is 0.363. The predicted molar refractivity (Wildman–Crippen MR) is 74.4 cm³/mol.